The third-order valence-electron chi connectivity index (χ3n) is 1.84. The van der Waals surface area contributed by atoms with Crippen LogP contribution in [0.1, 0.15) is 6.93 Å². The summed E-state index contributed by atoms with van der Waals surface area (Å²) in [7, 11) is 3.15. The number of benzene rings is 1. The van der Waals surface area contributed by atoms with Gasteiger partial charge in [0.1, 0.15) is 11.5 Å². The summed E-state index contributed by atoms with van der Waals surface area (Å²) >= 11 is 3.36. The lowest BCUT2D eigenvalue weighted by atomic mass is 10.1. The van der Waals surface area contributed by atoms with Crippen LogP contribution in [0.4, 0.5) is 0 Å². The van der Waals surface area contributed by atoms with Crippen molar-refractivity contribution in [3.05, 3.63) is 22.2 Å². The van der Waals surface area contributed by atoms with Crippen molar-refractivity contribution in [2.45, 2.75) is 6.40 Å². The van der Waals surface area contributed by atoms with Gasteiger partial charge in [-0.05, 0) is 46.6 Å². The van der Waals surface area contributed by atoms with E-state index in [4.69, 9.17) is 16.6 Å². The van der Waals surface area contributed by atoms with Crippen LogP contribution >= 0.6 is 15.9 Å². The molecule has 2 N–H and O–H groups in total. The first-order chi connectivity index (χ1) is 7.13. The molecule has 0 spiro atoms. The molecule has 0 aromatic heterocycles. The zero-order valence-corrected chi connectivity index (χ0v) is 9.80. The van der Waals surface area contributed by atoms with Gasteiger partial charge < -0.3 is 15.2 Å². The van der Waals surface area contributed by atoms with E-state index in [-0.39, 0.29) is 6.54 Å². The number of nitrogens with two attached hydrogens (primary N) is 1. The molecule has 0 saturated carbocycles. The van der Waals surface area contributed by atoms with E-state index in [9.17, 15) is 0 Å². The highest BCUT2D eigenvalue weighted by molar-refractivity contribution is 9.10. The van der Waals surface area contributed by atoms with Gasteiger partial charge in [-0.15, -0.1) is 0 Å². The van der Waals surface area contributed by atoms with E-state index >= 15 is 0 Å². The predicted molar refractivity (Wildman–Crippen MR) is 60.0 cm³/mol. The Bertz CT molecular complexity index is 346. The lowest BCUT2D eigenvalue weighted by Crippen LogP contribution is -2.04. The van der Waals surface area contributed by atoms with Gasteiger partial charge in [0.2, 0.25) is 0 Å². The average molecular weight is 261 g/mol. The molecule has 4 heteroatoms. The summed E-state index contributed by atoms with van der Waals surface area (Å²) in [5, 5.41) is 0. The maximum absolute atomic E-state index is 7.77. The van der Waals surface area contributed by atoms with Gasteiger partial charge in [-0.1, -0.05) is 0 Å². The highest BCUT2D eigenvalue weighted by atomic mass is 79.9. The molecule has 0 aliphatic rings. The summed E-state index contributed by atoms with van der Waals surface area (Å²) < 4.78 is 18.9. The average Bonchev–Trinajstić information content (AvgIpc) is 2.27. The molecule has 1 unspecified atom stereocenters. The number of hydrogen-bond acceptors (Lipinski definition) is 3. The second kappa shape index (κ2) is 5.22. The van der Waals surface area contributed by atoms with Crippen molar-refractivity contribution in [2.24, 2.45) is 5.73 Å². The van der Waals surface area contributed by atoms with E-state index in [1.807, 2.05) is 0 Å². The lowest BCUT2D eigenvalue weighted by Gasteiger charge is -2.11. The minimum Gasteiger partial charge on any atom is -0.496 e. The summed E-state index contributed by atoms with van der Waals surface area (Å²) in [6, 6.07) is 3.55. The standard InChI is InChI=1S/C10H14BrNO2/c1-13-9-6-8(11)10(14-2)5-7(9)3-4-12/h5-6H,3-4,12H2,1-2H3/i3D. The molecular weight excluding hydrogens is 246 g/mol. The van der Waals surface area contributed by atoms with Crippen molar-refractivity contribution in [3.8, 4) is 11.5 Å². The van der Waals surface area contributed by atoms with Crippen molar-refractivity contribution in [3.63, 3.8) is 0 Å². The van der Waals surface area contributed by atoms with E-state index in [0.29, 0.717) is 11.5 Å². The van der Waals surface area contributed by atoms with Crippen molar-refractivity contribution in [2.75, 3.05) is 20.8 Å². The third-order valence-corrected chi connectivity index (χ3v) is 2.46. The molecule has 1 aromatic rings. The minimum atomic E-state index is -0.498. The number of halogens is 1. The van der Waals surface area contributed by atoms with Crippen molar-refractivity contribution >= 4 is 15.9 Å². The molecule has 14 heavy (non-hydrogen) atoms. The molecule has 1 rings (SSSR count). The lowest BCUT2D eigenvalue weighted by molar-refractivity contribution is 0.397. The van der Waals surface area contributed by atoms with Gasteiger partial charge in [0.25, 0.3) is 0 Å². The first kappa shape index (κ1) is 9.80. The molecule has 78 valence electrons. The van der Waals surface area contributed by atoms with Crippen LogP contribution in [0.15, 0.2) is 16.6 Å². The molecule has 0 amide bonds. The largest absolute Gasteiger partial charge is 0.496 e. The molecule has 3 nitrogen and oxygen atoms in total. The van der Waals surface area contributed by atoms with Crippen LogP contribution in [-0.2, 0) is 6.40 Å². The summed E-state index contributed by atoms with van der Waals surface area (Å²) in [6.45, 7) is 0.251. The maximum Gasteiger partial charge on any atom is 0.133 e. The van der Waals surface area contributed by atoms with Gasteiger partial charge in [0.15, 0.2) is 0 Å². The van der Waals surface area contributed by atoms with Crippen LogP contribution < -0.4 is 15.2 Å². The smallest absolute Gasteiger partial charge is 0.133 e. The summed E-state index contributed by atoms with van der Waals surface area (Å²) in [5.74, 6) is 1.32. The van der Waals surface area contributed by atoms with E-state index in [1.165, 1.54) is 0 Å². The SMILES string of the molecule is [2H]C(CN)c1cc(OC)c(Br)cc1OC. The maximum atomic E-state index is 7.77. The van der Waals surface area contributed by atoms with Crippen LogP contribution in [0.3, 0.4) is 0 Å². The Morgan fingerprint density at radius 1 is 1.36 bits per heavy atom. The molecule has 0 saturated heterocycles. The monoisotopic (exact) mass is 260 g/mol. The molecule has 0 fully saturated rings. The van der Waals surface area contributed by atoms with Crippen LogP contribution in [0.2, 0.25) is 0 Å². The Morgan fingerprint density at radius 2 is 2.00 bits per heavy atom. The van der Waals surface area contributed by atoms with E-state index in [0.717, 1.165) is 10.0 Å². The van der Waals surface area contributed by atoms with Gasteiger partial charge >= 0.3 is 0 Å². The Kier molecular flexibility index (Phi) is 3.65. The summed E-state index contributed by atoms with van der Waals surface area (Å²) in [6.07, 6.45) is -0.498. The van der Waals surface area contributed by atoms with E-state index < -0.39 is 6.40 Å². The van der Waals surface area contributed by atoms with Crippen LogP contribution in [0.5, 0.6) is 11.5 Å². The van der Waals surface area contributed by atoms with E-state index in [2.05, 4.69) is 15.9 Å². The Balaban J connectivity index is 3.22. The summed E-state index contributed by atoms with van der Waals surface area (Å²) in [4.78, 5) is 0. The zero-order chi connectivity index (χ0) is 11.4. The van der Waals surface area contributed by atoms with Crippen molar-refractivity contribution < 1.29 is 10.8 Å². The third kappa shape index (κ3) is 2.39. The van der Waals surface area contributed by atoms with Gasteiger partial charge in [-0.2, -0.15) is 0 Å². The normalized spacial score (nSPS) is 13.3. The number of hydrogen-bond donors (Lipinski definition) is 1. The van der Waals surface area contributed by atoms with Crippen LogP contribution in [0, 0.1) is 0 Å². The van der Waals surface area contributed by atoms with Gasteiger partial charge in [0.05, 0.1) is 18.7 Å². The molecule has 0 radical (unpaired) electrons. The molecule has 0 aliphatic heterocycles. The topological polar surface area (TPSA) is 44.5 Å². The highest BCUT2D eigenvalue weighted by Crippen LogP contribution is 2.32. The molecule has 0 aliphatic carbocycles. The fraction of sp³-hybridized carbons (Fsp3) is 0.400. The molecular formula is C10H14BrNO2. The number of methoxy groups -OCH3 is 2. The van der Waals surface area contributed by atoms with Crippen molar-refractivity contribution in [1.82, 2.24) is 0 Å². The van der Waals surface area contributed by atoms with Gasteiger partial charge in [-0.3, -0.25) is 0 Å². The Labute approximate surface area is 93.7 Å². The zero-order valence-electron chi connectivity index (χ0n) is 9.21. The Hall–Kier alpha value is -0.740. The summed E-state index contributed by atoms with van der Waals surface area (Å²) in [5.41, 5.74) is 6.20. The fourth-order valence-corrected chi connectivity index (χ4v) is 1.65. The van der Waals surface area contributed by atoms with Gasteiger partial charge in [0, 0.05) is 1.37 Å². The second-order valence-electron chi connectivity index (χ2n) is 2.67. The first-order valence-electron chi connectivity index (χ1n) is 4.75. The second-order valence-corrected chi connectivity index (χ2v) is 3.52. The van der Waals surface area contributed by atoms with Gasteiger partial charge in [-0.25, -0.2) is 0 Å². The molecule has 0 bridgehead atoms. The first-order valence-corrected chi connectivity index (χ1v) is 4.97. The number of rotatable bonds is 4. The van der Waals surface area contributed by atoms with Crippen LogP contribution in [0.25, 0.3) is 0 Å². The van der Waals surface area contributed by atoms with Crippen LogP contribution in [-0.4, -0.2) is 20.8 Å². The molecule has 1 atom stereocenters. The minimum absolute atomic E-state index is 0.251. The number of ether oxygens (including phenoxy) is 2. The van der Waals surface area contributed by atoms with E-state index in [1.54, 1.807) is 26.4 Å². The quantitative estimate of drug-likeness (QED) is 0.901. The fourth-order valence-electron chi connectivity index (χ4n) is 1.17. The predicted octanol–water partition coefficient (Wildman–Crippen LogP) is 1.97. The molecule has 1 aromatic carbocycles. The Morgan fingerprint density at radius 3 is 2.50 bits per heavy atom. The molecule has 0 heterocycles. The van der Waals surface area contributed by atoms with Crippen molar-refractivity contribution in [1.29, 1.82) is 0 Å². The highest BCUT2D eigenvalue weighted by Gasteiger charge is 2.08.